The molecule has 0 N–H and O–H groups in total. The van der Waals surface area contributed by atoms with Gasteiger partial charge in [0.1, 0.15) is 11.4 Å². The summed E-state index contributed by atoms with van der Waals surface area (Å²) in [6, 6.07) is 12.7. The van der Waals surface area contributed by atoms with E-state index in [0.29, 0.717) is 32.9 Å². The molecule has 3 aromatic rings. The second-order valence-electron chi connectivity index (χ2n) is 11.6. The summed E-state index contributed by atoms with van der Waals surface area (Å²) in [6.45, 7) is 8.00. The molecule has 1 aromatic heterocycles. The molecule has 5 rings (SSSR count). The van der Waals surface area contributed by atoms with Gasteiger partial charge in [-0.15, -0.1) is 0 Å². The van der Waals surface area contributed by atoms with E-state index < -0.39 is 17.8 Å². The van der Waals surface area contributed by atoms with Crippen molar-refractivity contribution in [1.29, 1.82) is 0 Å². The number of carbonyl (C=O) groups is 2. The van der Waals surface area contributed by atoms with Gasteiger partial charge in [-0.2, -0.15) is 11.3 Å². The molecule has 9 heteroatoms. The monoisotopic (exact) mass is 580 g/mol. The van der Waals surface area contributed by atoms with Crippen molar-refractivity contribution in [2.45, 2.75) is 64.3 Å². The van der Waals surface area contributed by atoms with Crippen LogP contribution in [0.2, 0.25) is 0 Å². The van der Waals surface area contributed by atoms with Crippen LogP contribution >= 0.6 is 11.3 Å². The number of fused-ring (bicyclic) bond motifs is 1. The molecule has 1 saturated carbocycles. The molecule has 220 valence electrons. The van der Waals surface area contributed by atoms with E-state index in [1.807, 2.05) is 37.8 Å². The van der Waals surface area contributed by atoms with E-state index >= 15 is 0 Å². The lowest BCUT2D eigenvalue weighted by Gasteiger charge is -2.36. The highest BCUT2D eigenvalue weighted by Crippen LogP contribution is 2.41. The van der Waals surface area contributed by atoms with Gasteiger partial charge in [0, 0.05) is 44.7 Å². The quantitative estimate of drug-likeness (QED) is 0.269. The van der Waals surface area contributed by atoms with Crippen LogP contribution in [0.5, 0.6) is 5.75 Å². The fourth-order valence-corrected chi connectivity index (χ4v) is 5.85. The van der Waals surface area contributed by atoms with Crippen molar-refractivity contribution in [1.82, 2.24) is 9.80 Å². The predicted molar refractivity (Wildman–Crippen MR) is 160 cm³/mol. The first-order valence-corrected chi connectivity index (χ1v) is 15.3. The van der Waals surface area contributed by atoms with Crippen LogP contribution < -0.4 is 4.74 Å². The smallest absolute Gasteiger partial charge is 0.410 e. The van der Waals surface area contributed by atoms with Crippen LogP contribution in [0.4, 0.5) is 4.79 Å². The summed E-state index contributed by atoms with van der Waals surface area (Å²) < 4.78 is 23.0. The van der Waals surface area contributed by atoms with E-state index in [1.165, 1.54) is 0 Å². The Morgan fingerprint density at radius 2 is 1.90 bits per heavy atom. The number of morpholine rings is 1. The molecule has 1 aliphatic heterocycles. The van der Waals surface area contributed by atoms with Crippen LogP contribution in [0.15, 0.2) is 47.2 Å². The summed E-state index contributed by atoms with van der Waals surface area (Å²) in [4.78, 5) is 30.3. The normalized spacial score (nSPS) is 17.5. The minimum absolute atomic E-state index is 0.0900. The predicted octanol–water partition coefficient (Wildman–Crippen LogP) is 6.11. The summed E-state index contributed by atoms with van der Waals surface area (Å²) in [7, 11) is 1.69. The zero-order valence-corrected chi connectivity index (χ0v) is 25.2. The Morgan fingerprint density at radius 3 is 2.59 bits per heavy atom. The molecule has 0 spiro atoms. The molecule has 0 unspecified atom stereocenters. The third-order valence-electron chi connectivity index (χ3n) is 7.25. The third kappa shape index (κ3) is 7.20. The van der Waals surface area contributed by atoms with Crippen LogP contribution in [-0.2, 0) is 25.5 Å². The van der Waals surface area contributed by atoms with Crippen molar-refractivity contribution in [2.24, 2.45) is 0 Å². The number of thiophene rings is 1. The van der Waals surface area contributed by atoms with E-state index in [4.69, 9.17) is 18.9 Å². The molecular weight excluding hydrogens is 540 g/mol. The number of ether oxygens (including phenoxy) is 4. The molecule has 1 atom stereocenters. The third-order valence-corrected chi connectivity index (χ3v) is 7.94. The van der Waals surface area contributed by atoms with E-state index in [2.05, 4.69) is 35.0 Å². The van der Waals surface area contributed by atoms with Gasteiger partial charge < -0.3 is 28.7 Å². The maximum absolute atomic E-state index is 14.0. The summed E-state index contributed by atoms with van der Waals surface area (Å²) in [5.41, 5.74) is 2.67. The molecular formula is C32H40N2O6S. The topological polar surface area (TPSA) is 77.5 Å². The van der Waals surface area contributed by atoms with Gasteiger partial charge in [0.05, 0.1) is 19.8 Å². The maximum Gasteiger partial charge on any atom is 0.410 e. The Hall–Kier alpha value is -3.14. The molecule has 1 saturated heterocycles. The van der Waals surface area contributed by atoms with Crippen molar-refractivity contribution in [3.05, 3.63) is 52.7 Å². The van der Waals surface area contributed by atoms with E-state index in [-0.39, 0.29) is 18.5 Å². The Bertz CT molecular complexity index is 1350. The number of amides is 2. The first-order valence-electron chi connectivity index (χ1n) is 14.3. The van der Waals surface area contributed by atoms with Gasteiger partial charge >= 0.3 is 6.09 Å². The van der Waals surface area contributed by atoms with Gasteiger partial charge in [-0.25, -0.2) is 4.79 Å². The Kier molecular flexibility index (Phi) is 9.16. The molecule has 2 aromatic carbocycles. The van der Waals surface area contributed by atoms with Crippen molar-refractivity contribution in [2.75, 3.05) is 40.0 Å². The largest absolute Gasteiger partial charge is 0.493 e. The molecule has 1 aliphatic carbocycles. The van der Waals surface area contributed by atoms with Crippen molar-refractivity contribution in [3.63, 3.8) is 0 Å². The second kappa shape index (κ2) is 12.8. The van der Waals surface area contributed by atoms with Gasteiger partial charge in [0.25, 0.3) is 5.91 Å². The zero-order valence-electron chi connectivity index (χ0n) is 24.4. The lowest BCUT2D eigenvalue weighted by molar-refractivity contribution is -0.150. The van der Waals surface area contributed by atoms with Gasteiger partial charge in [-0.1, -0.05) is 24.3 Å². The molecule has 41 heavy (non-hydrogen) atoms. The molecule has 2 aliphatic rings. The van der Waals surface area contributed by atoms with Crippen molar-refractivity contribution < 1.29 is 28.5 Å². The number of methoxy groups -OCH3 is 1. The minimum atomic E-state index is -0.730. The van der Waals surface area contributed by atoms with Gasteiger partial charge in [-0.05, 0) is 78.6 Å². The number of nitrogens with zero attached hydrogens (tertiary/aromatic N) is 2. The number of benzene rings is 2. The summed E-state index contributed by atoms with van der Waals surface area (Å²) in [5, 5.41) is 6.37. The van der Waals surface area contributed by atoms with E-state index in [9.17, 15) is 9.59 Å². The minimum Gasteiger partial charge on any atom is -0.493 e. The van der Waals surface area contributed by atoms with Gasteiger partial charge in [-0.3, -0.25) is 4.79 Å². The molecule has 8 nitrogen and oxygen atoms in total. The highest BCUT2D eigenvalue weighted by molar-refractivity contribution is 7.08. The fraction of sp³-hybridized carbons (Fsp3) is 0.500. The SMILES string of the molecule is COCCCOc1cc(CN(C(=O)[C@H]2CN(C(=O)OC(C)(C)C)CCO2)C2CC2)c(-c2ccsc2)c2ccccc12. The molecule has 2 amide bonds. The van der Waals surface area contributed by atoms with Crippen molar-refractivity contribution >= 4 is 34.1 Å². The number of hydrogen-bond acceptors (Lipinski definition) is 7. The van der Waals surface area contributed by atoms with Crippen LogP contribution in [0.3, 0.4) is 0 Å². The Labute approximate surface area is 246 Å². The summed E-state index contributed by atoms with van der Waals surface area (Å²) in [5.74, 6) is 0.714. The first kappa shape index (κ1) is 29.4. The van der Waals surface area contributed by atoms with E-state index in [0.717, 1.165) is 52.5 Å². The average Bonchev–Trinajstić information content (AvgIpc) is 3.66. The van der Waals surface area contributed by atoms with Crippen LogP contribution in [0.1, 0.15) is 45.6 Å². The molecule has 0 radical (unpaired) electrons. The zero-order chi connectivity index (χ0) is 29.0. The summed E-state index contributed by atoms with van der Waals surface area (Å²) >= 11 is 1.65. The second-order valence-corrected chi connectivity index (χ2v) is 12.4. The van der Waals surface area contributed by atoms with Crippen LogP contribution in [0.25, 0.3) is 21.9 Å². The Morgan fingerprint density at radius 1 is 1.12 bits per heavy atom. The van der Waals surface area contributed by atoms with Gasteiger partial charge in [0.15, 0.2) is 6.10 Å². The van der Waals surface area contributed by atoms with Crippen LogP contribution in [0, 0.1) is 0 Å². The van der Waals surface area contributed by atoms with Crippen molar-refractivity contribution in [3.8, 4) is 16.9 Å². The Balaban J connectivity index is 1.45. The van der Waals surface area contributed by atoms with Gasteiger partial charge in [0.2, 0.25) is 0 Å². The molecule has 2 heterocycles. The fourth-order valence-electron chi connectivity index (χ4n) is 5.21. The lowest BCUT2D eigenvalue weighted by Crippen LogP contribution is -2.53. The lowest BCUT2D eigenvalue weighted by atomic mass is 9.93. The highest BCUT2D eigenvalue weighted by atomic mass is 32.1. The highest BCUT2D eigenvalue weighted by Gasteiger charge is 2.40. The first-order chi connectivity index (χ1) is 19.7. The summed E-state index contributed by atoms with van der Waals surface area (Å²) in [6.07, 6.45) is 1.55. The number of carbonyl (C=O) groups excluding carboxylic acids is 2. The standard InChI is InChI=1S/C32H40N2O6S/c1-32(2,3)40-31(36)33-13-16-39-28(20-33)30(35)34(24-10-11-24)19-23-18-27(38-15-7-14-37-4)25-8-5-6-9-26(25)29(23)22-12-17-41-21-22/h5-6,8-9,12,17-18,21,24,28H,7,10-11,13-16,19-20H2,1-4H3/t28-/m1/s1. The number of rotatable bonds is 10. The van der Waals surface area contributed by atoms with Crippen LogP contribution in [-0.4, -0.2) is 79.6 Å². The maximum atomic E-state index is 14.0. The number of hydrogen-bond donors (Lipinski definition) is 0. The average molecular weight is 581 g/mol. The molecule has 2 fully saturated rings. The van der Waals surface area contributed by atoms with E-state index in [1.54, 1.807) is 23.3 Å². The molecule has 0 bridgehead atoms.